The average molecular weight is 356 g/mol. The van der Waals surface area contributed by atoms with Gasteiger partial charge in [0.25, 0.3) is 6.43 Å². The summed E-state index contributed by atoms with van der Waals surface area (Å²) in [6.45, 7) is 1.29. The molecule has 1 saturated heterocycles. The Labute approximate surface area is 147 Å². The van der Waals surface area contributed by atoms with Crippen LogP contribution in [0, 0.1) is 0 Å². The fraction of sp³-hybridized carbons (Fsp3) is 0.588. The Hall–Kier alpha value is -2.25. The van der Waals surface area contributed by atoms with Crippen LogP contribution in [0.1, 0.15) is 12.8 Å². The van der Waals surface area contributed by atoms with Gasteiger partial charge in [-0.1, -0.05) is 0 Å². The highest BCUT2D eigenvalue weighted by atomic mass is 19.3. The summed E-state index contributed by atoms with van der Waals surface area (Å²) in [4.78, 5) is 6.25. The number of ether oxygens (including phenoxy) is 2. The number of benzene rings is 1. The van der Waals surface area contributed by atoms with Crippen LogP contribution in [-0.4, -0.2) is 59.3 Å². The standard InChI is InChI=1S/C17H26F2N4O2/c1-20-17(21-11-16(18)19)22-12-4-6-23(7-5-12)13-8-14(24-2)10-15(9-13)25-3/h8-10,12,16H,4-7,11H2,1-3H3,(H2,20,21,22). The van der Waals surface area contributed by atoms with Crippen LogP contribution < -0.4 is 25.0 Å². The second-order valence-electron chi connectivity index (χ2n) is 5.82. The highest BCUT2D eigenvalue weighted by Crippen LogP contribution is 2.30. The molecule has 1 heterocycles. The summed E-state index contributed by atoms with van der Waals surface area (Å²) in [6, 6.07) is 6.02. The van der Waals surface area contributed by atoms with Gasteiger partial charge in [-0.25, -0.2) is 8.78 Å². The third-order valence-electron chi connectivity index (χ3n) is 4.18. The average Bonchev–Trinajstić information content (AvgIpc) is 2.64. The van der Waals surface area contributed by atoms with E-state index in [9.17, 15) is 8.78 Å². The van der Waals surface area contributed by atoms with E-state index in [0.29, 0.717) is 5.96 Å². The lowest BCUT2D eigenvalue weighted by Gasteiger charge is -2.34. The first-order chi connectivity index (χ1) is 12.0. The molecular weight excluding hydrogens is 330 g/mol. The minimum Gasteiger partial charge on any atom is -0.497 e. The number of alkyl halides is 2. The van der Waals surface area contributed by atoms with Gasteiger partial charge in [-0.2, -0.15) is 0 Å². The summed E-state index contributed by atoms with van der Waals surface area (Å²) in [5.74, 6) is 1.93. The lowest BCUT2D eigenvalue weighted by atomic mass is 10.0. The zero-order chi connectivity index (χ0) is 18.2. The number of guanidine groups is 1. The zero-order valence-electron chi connectivity index (χ0n) is 14.9. The van der Waals surface area contributed by atoms with Crippen molar-refractivity contribution in [2.75, 3.05) is 45.8 Å². The molecule has 0 aromatic heterocycles. The second-order valence-corrected chi connectivity index (χ2v) is 5.82. The minimum atomic E-state index is -2.40. The zero-order valence-corrected chi connectivity index (χ0v) is 14.9. The van der Waals surface area contributed by atoms with E-state index in [4.69, 9.17) is 9.47 Å². The Morgan fingerprint density at radius 1 is 1.20 bits per heavy atom. The second kappa shape index (κ2) is 9.29. The van der Waals surface area contributed by atoms with Crippen molar-refractivity contribution in [1.29, 1.82) is 0 Å². The first-order valence-corrected chi connectivity index (χ1v) is 8.29. The van der Waals surface area contributed by atoms with E-state index in [1.807, 2.05) is 18.2 Å². The Bertz CT molecular complexity index is 554. The fourth-order valence-electron chi connectivity index (χ4n) is 2.82. The molecule has 0 amide bonds. The summed E-state index contributed by atoms with van der Waals surface area (Å²) in [7, 11) is 4.85. The van der Waals surface area contributed by atoms with Crippen LogP contribution in [0.25, 0.3) is 0 Å². The number of nitrogens with one attached hydrogen (secondary N) is 2. The van der Waals surface area contributed by atoms with Gasteiger partial charge < -0.3 is 25.0 Å². The molecule has 8 heteroatoms. The molecule has 2 N–H and O–H groups in total. The Morgan fingerprint density at radius 3 is 2.28 bits per heavy atom. The van der Waals surface area contributed by atoms with Gasteiger partial charge in [0.2, 0.25) is 0 Å². The Kier molecular flexibility index (Phi) is 7.09. The van der Waals surface area contributed by atoms with E-state index in [1.54, 1.807) is 21.3 Å². The van der Waals surface area contributed by atoms with E-state index >= 15 is 0 Å². The summed E-state index contributed by atoms with van der Waals surface area (Å²) in [6.07, 6.45) is -0.632. The predicted molar refractivity (Wildman–Crippen MR) is 95.3 cm³/mol. The van der Waals surface area contributed by atoms with Gasteiger partial charge in [0.1, 0.15) is 11.5 Å². The molecule has 0 atom stereocenters. The lowest BCUT2D eigenvalue weighted by Crippen LogP contribution is -2.49. The molecule has 140 valence electrons. The maximum absolute atomic E-state index is 12.3. The quantitative estimate of drug-likeness (QED) is 0.604. The molecule has 0 radical (unpaired) electrons. The SMILES string of the molecule is CN=C(NCC(F)F)NC1CCN(c2cc(OC)cc(OC)c2)CC1. The number of aliphatic imine (C=N–C) groups is 1. The van der Waals surface area contributed by atoms with Crippen LogP contribution in [0.4, 0.5) is 14.5 Å². The van der Waals surface area contributed by atoms with Gasteiger partial charge >= 0.3 is 0 Å². The molecule has 25 heavy (non-hydrogen) atoms. The number of hydrogen-bond acceptors (Lipinski definition) is 4. The van der Waals surface area contributed by atoms with E-state index in [0.717, 1.165) is 43.1 Å². The molecule has 2 rings (SSSR count). The highest BCUT2D eigenvalue weighted by molar-refractivity contribution is 5.80. The predicted octanol–water partition coefficient (Wildman–Crippen LogP) is 2.10. The molecule has 1 aliphatic heterocycles. The smallest absolute Gasteiger partial charge is 0.255 e. The van der Waals surface area contributed by atoms with Crippen molar-refractivity contribution in [3.8, 4) is 11.5 Å². The largest absolute Gasteiger partial charge is 0.497 e. The number of hydrogen-bond donors (Lipinski definition) is 2. The molecule has 0 unspecified atom stereocenters. The number of rotatable bonds is 6. The first kappa shape index (κ1) is 19.1. The van der Waals surface area contributed by atoms with Crippen molar-refractivity contribution >= 4 is 11.6 Å². The minimum absolute atomic E-state index is 0.202. The van der Waals surface area contributed by atoms with Crippen molar-refractivity contribution in [1.82, 2.24) is 10.6 Å². The maximum Gasteiger partial charge on any atom is 0.255 e. The highest BCUT2D eigenvalue weighted by Gasteiger charge is 2.21. The van der Waals surface area contributed by atoms with E-state index in [-0.39, 0.29) is 6.04 Å². The van der Waals surface area contributed by atoms with Crippen LogP contribution >= 0.6 is 0 Å². The van der Waals surface area contributed by atoms with Crippen LogP contribution in [0.15, 0.2) is 23.2 Å². The van der Waals surface area contributed by atoms with Gasteiger partial charge in [0.05, 0.1) is 20.8 Å². The van der Waals surface area contributed by atoms with Crippen molar-refractivity contribution in [3.05, 3.63) is 18.2 Å². The molecule has 0 bridgehead atoms. The third-order valence-corrected chi connectivity index (χ3v) is 4.18. The third kappa shape index (κ3) is 5.65. The number of halogens is 2. The lowest BCUT2D eigenvalue weighted by molar-refractivity contribution is 0.152. The molecule has 0 saturated carbocycles. The van der Waals surface area contributed by atoms with Gasteiger partial charge in [-0.3, -0.25) is 4.99 Å². The molecule has 6 nitrogen and oxygen atoms in total. The van der Waals surface area contributed by atoms with Gasteiger partial charge in [-0.15, -0.1) is 0 Å². The molecule has 1 fully saturated rings. The van der Waals surface area contributed by atoms with Crippen molar-refractivity contribution in [2.45, 2.75) is 25.3 Å². The molecule has 1 aromatic rings. The van der Waals surface area contributed by atoms with Gasteiger partial charge in [-0.05, 0) is 12.8 Å². The van der Waals surface area contributed by atoms with Crippen molar-refractivity contribution in [2.24, 2.45) is 4.99 Å². The summed E-state index contributed by atoms with van der Waals surface area (Å²) in [5.41, 5.74) is 1.05. The number of anilines is 1. The summed E-state index contributed by atoms with van der Waals surface area (Å²) in [5, 5.41) is 5.84. The summed E-state index contributed by atoms with van der Waals surface area (Å²) >= 11 is 0. The van der Waals surface area contributed by atoms with Crippen LogP contribution in [0.3, 0.4) is 0 Å². The number of piperidine rings is 1. The van der Waals surface area contributed by atoms with Gasteiger partial charge in [0, 0.05) is 50.1 Å². The molecular formula is C17H26F2N4O2. The number of methoxy groups -OCH3 is 2. The van der Waals surface area contributed by atoms with Crippen molar-refractivity contribution < 1.29 is 18.3 Å². The van der Waals surface area contributed by atoms with E-state index in [2.05, 4.69) is 20.5 Å². The number of nitrogens with zero attached hydrogens (tertiary/aromatic N) is 2. The van der Waals surface area contributed by atoms with Crippen molar-refractivity contribution in [3.63, 3.8) is 0 Å². The van der Waals surface area contributed by atoms with Crippen LogP contribution in [0.5, 0.6) is 11.5 Å². The molecule has 0 aliphatic carbocycles. The Morgan fingerprint density at radius 2 is 1.80 bits per heavy atom. The monoisotopic (exact) mass is 356 g/mol. The molecule has 1 aliphatic rings. The Balaban J connectivity index is 1.91. The molecule has 1 aromatic carbocycles. The van der Waals surface area contributed by atoms with E-state index in [1.165, 1.54) is 0 Å². The van der Waals surface area contributed by atoms with Crippen LogP contribution in [-0.2, 0) is 0 Å². The molecule has 0 spiro atoms. The van der Waals surface area contributed by atoms with Gasteiger partial charge in [0.15, 0.2) is 5.96 Å². The maximum atomic E-state index is 12.3. The normalized spacial score (nSPS) is 16.1. The topological polar surface area (TPSA) is 58.1 Å². The van der Waals surface area contributed by atoms with Crippen LogP contribution in [0.2, 0.25) is 0 Å². The fourth-order valence-corrected chi connectivity index (χ4v) is 2.82. The first-order valence-electron chi connectivity index (χ1n) is 8.29. The summed E-state index contributed by atoms with van der Waals surface area (Å²) < 4.78 is 35.2. The van der Waals surface area contributed by atoms with E-state index < -0.39 is 13.0 Å².